The number of amides is 1. The molecule has 0 saturated carbocycles. The molecule has 0 atom stereocenters. The average Bonchev–Trinajstić information content (AvgIpc) is 3.37. The smallest absolute Gasteiger partial charge is 0.270 e. The summed E-state index contributed by atoms with van der Waals surface area (Å²) in [5.41, 5.74) is 2.59. The molecule has 0 radical (unpaired) electrons. The Balaban J connectivity index is 1.70. The first-order chi connectivity index (χ1) is 14.1. The van der Waals surface area contributed by atoms with Gasteiger partial charge in [0.15, 0.2) is 4.32 Å². The topological polar surface area (TPSA) is 42.0 Å². The van der Waals surface area contributed by atoms with E-state index < -0.39 is 0 Å². The van der Waals surface area contributed by atoms with E-state index in [2.05, 4.69) is 4.90 Å². The zero-order valence-electron chi connectivity index (χ0n) is 16.4. The standard InChI is InChI=1S/C22H22N2O3S2/c1-26-18-14-17(23-10-6-7-11-23)19(27-2)12-15(18)13-20-21(25)24(22(28)29-20)16-8-4-3-5-9-16/h3-5,8-9,12-14H,6-7,10-11H2,1-2H3/b20-13-. The number of hydrogen-bond donors (Lipinski definition) is 0. The third-order valence-corrected chi connectivity index (χ3v) is 6.37. The van der Waals surface area contributed by atoms with Crippen LogP contribution in [0.15, 0.2) is 47.4 Å². The first kappa shape index (κ1) is 19.8. The SMILES string of the molecule is COc1cc(N2CCCC2)c(OC)cc1/C=C1\SC(=S)N(c2ccccc2)C1=O. The van der Waals surface area contributed by atoms with Gasteiger partial charge in [0.2, 0.25) is 0 Å². The molecule has 0 bridgehead atoms. The fraction of sp³-hybridized carbons (Fsp3) is 0.273. The summed E-state index contributed by atoms with van der Waals surface area (Å²) in [6, 6.07) is 13.4. The molecule has 2 fully saturated rings. The van der Waals surface area contributed by atoms with Gasteiger partial charge in [0.05, 0.1) is 30.5 Å². The van der Waals surface area contributed by atoms with E-state index >= 15 is 0 Å². The maximum absolute atomic E-state index is 13.0. The molecule has 2 aliphatic heterocycles. The number of para-hydroxylation sites is 1. The second-order valence-electron chi connectivity index (χ2n) is 6.81. The molecular weight excluding hydrogens is 404 g/mol. The molecule has 0 aromatic heterocycles. The van der Waals surface area contributed by atoms with Gasteiger partial charge in [-0.2, -0.15) is 0 Å². The quantitative estimate of drug-likeness (QED) is 0.510. The monoisotopic (exact) mass is 426 g/mol. The highest BCUT2D eigenvalue weighted by atomic mass is 32.2. The van der Waals surface area contributed by atoms with Crippen LogP contribution in [0.4, 0.5) is 11.4 Å². The zero-order valence-corrected chi connectivity index (χ0v) is 18.0. The van der Waals surface area contributed by atoms with Crippen molar-refractivity contribution >= 4 is 51.7 Å². The van der Waals surface area contributed by atoms with Crippen LogP contribution in [-0.2, 0) is 4.79 Å². The van der Waals surface area contributed by atoms with Crippen molar-refractivity contribution < 1.29 is 14.3 Å². The predicted molar refractivity (Wildman–Crippen MR) is 123 cm³/mol. The van der Waals surface area contributed by atoms with Crippen molar-refractivity contribution in [2.75, 3.05) is 37.1 Å². The third kappa shape index (κ3) is 3.84. The van der Waals surface area contributed by atoms with Crippen LogP contribution in [0.1, 0.15) is 18.4 Å². The molecule has 1 amide bonds. The van der Waals surface area contributed by atoms with Gasteiger partial charge in [-0.25, -0.2) is 0 Å². The lowest BCUT2D eigenvalue weighted by molar-refractivity contribution is -0.113. The van der Waals surface area contributed by atoms with E-state index in [-0.39, 0.29) is 5.91 Å². The lowest BCUT2D eigenvalue weighted by Crippen LogP contribution is -2.27. The van der Waals surface area contributed by atoms with Crippen LogP contribution in [0.25, 0.3) is 6.08 Å². The Hall–Kier alpha value is -2.51. The van der Waals surface area contributed by atoms with Crippen molar-refractivity contribution in [3.8, 4) is 11.5 Å². The number of carbonyl (C=O) groups is 1. The fourth-order valence-electron chi connectivity index (χ4n) is 3.63. The van der Waals surface area contributed by atoms with E-state index in [1.807, 2.05) is 48.5 Å². The van der Waals surface area contributed by atoms with Gasteiger partial charge in [-0.1, -0.05) is 42.2 Å². The van der Waals surface area contributed by atoms with Crippen molar-refractivity contribution in [1.82, 2.24) is 0 Å². The van der Waals surface area contributed by atoms with Crippen LogP contribution in [0.3, 0.4) is 0 Å². The Kier molecular flexibility index (Phi) is 5.78. The maximum atomic E-state index is 13.0. The molecular formula is C22H22N2O3S2. The minimum absolute atomic E-state index is 0.129. The molecule has 5 nitrogen and oxygen atoms in total. The van der Waals surface area contributed by atoms with Crippen LogP contribution in [-0.4, -0.2) is 37.5 Å². The van der Waals surface area contributed by atoms with Crippen LogP contribution in [0.2, 0.25) is 0 Å². The first-order valence-electron chi connectivity index (χ1n) is 9.46. The Morgan fingerprint density at radius 3 is 2.38 bits per heavy atom. The molecule has 2 aromatic carbocycles. The van der Waals surface area contributed by atoms with Gasteiger partial charge >= 0.3 is 0 Å². The third-order valence-electron chi connectivity index (χ3n) is 5.07. The normalized spacial score (nSPS) is 18.1. The highest BCUT2D eigenvalue weighted by molar-refractivity contribution is 8.27. The van der Waals surface area contributed by atoms with Gasteiger partial charge in [-0.05, 0) is 37.1 Å². The van der Waals surface area contributed by atoms with Crippen molar-refractivity contribution in [2.24, 2.45) is 0 Å². The first-order valence-corrected chi connectivity index (χ1v) is 10.7. The highest BCUT2D eigenvalue weighted by Crippen LogP contribution is 2.41. The Labute approximate surface area is 180 Å². The number of anilines is 2. The van der Waals surface area contributed by atoms with Gasteiger partial charge in [0.1, 0.15) is 11.5 Å². The number of rotatable bonds is 5. The Morgan fingerprint density at radius 1 is 1.03 bits per heavy atom. The van der Waals surface area contributed by atoms with Crippen molar-refractivity contribution in [2.45, 2.75) is 12.8 Å². The molecule has 2 aliphatic rings. The number of methoxy groups -OCH3 is 2. The van der Waals surface area contributed by atoms with Gasteiger partial charge < -0.3 is 14.4 Å². The molecule has 0 aliphatic carbocycles. The molecule has 2 heterocycles. The molecule has 0 spiro atoms. The number of nitrogens with zero attached hydrogens (tertiary/aromatic N) is 2. The van der Waals surface area contributed by atoms with Crippen LogP contribution < -0.4 is 19.3 Å². The summed E-state index contributed by atoms with van der Waals surface area (Å²) in [6.07, 6.45) is 4.18. The van der Waals surface area contributed by atoms with E-state index in [9.17, 15) is 4.79 Å². The van der Waals surface area contributed by atoms with Crippen molar-refractivity contribution in [3.63, 3.8) is 0 Å². The molecule has 2 saturated heterocycles. The fourth-order valence-corrected chi connectivity index (χ4v) is 4.92. The van der Waals surface area contributed by atoms with Gasteiger partial charge in [-0.3, -0.25) is 9.69 Å². The summed E-state index contributed by atoms with van der Waals surface area (Å²) in [6.45, 7) is 2.02. The zero-order chi connectivity index (χ0) is 20.4. The summed E-state index contributed by atoms with van der Waals surface area (Å²) in [7, 11) is 3.31. The second-order valence-corrected chi connectivity index (χ2v) is 8.49. The van der Waals surface area contributed by atoms with E-state index in [4.69, 9.17) is 21.7 Å². The minimum Gasteiger partial charge on any atom is -0.496 e. The number of carbonyl (C=O) groups excluding carboxylic acids is 1. The van der Waals surface area contributed by atoms with Crippen molar-refractivity contribution in [1.29, 1.82) is 0 Å². The van der Waals surface area contributed by atoms with Gasteiger partial charge in [0.25, 0.3) is 5.91 Å². The molecule has 150 valence electrons. The van der Waals surface area contributed by atoms with Crippen LogP contribution in [0, 0.1) is 0 Å². The summed E-state index contributed by atoms with van der Waals surface area (Å²) in [5, 5.41) is 0. The number of hydrogen-bond acceptors (Lipinski definition) is 6. The average molecular weight is 427 g/mol. The molecule has 29 heavy (non-hydrogen) atoms. The van der Waals surface area contributed by atoms with E-state index in [1.165, 1.54) is 24.6 Å². The van der Waals surface area contributed by atoms with Crippen LogP contribution in [0.5, 0.6) is 11.5 Å². The largest absolute Gasteiger partial charge is 0.496 e. The summed E-state index contributed by atoms with van der Waals surface area (Å²) >= 11 is 6.76. The highest BCUT2D eigenvalue weighted by Gasteiger charge is 2.33. The number of thiocarbonyl (C=S) groups is 1. The van der Waals surface area contributed by atoms with Gasteiger partial charge in [0, 0.05) is 24.7 Å². The molecule has 4 rings (SSSR count). The van der Waals surface area contributed by atoms with Crippen LogP contribution >= 0.6 is 24.0 Å². The Bertz CT molecular complexity index is 970. The van der Waals surface area contributed by atoms with Gasteiger partial charge in [-0.15, -0.1) is 0 Å². The lowest BCUT2D eigenvalue weighted by Gasteiger charge is -2.22. The minimum atomic E-state index is -0.129. The molecule has 0 N–H and O–H groups in total. The number of ether oxygens (including phenoxy) is 2. The molecule has 7 heteroatoms. The van der Waals surface area contributed by atoms with Crippen molar-refractivity contribution in [3.05, 3.63) is 52.9 Å². The Morgan fingerprint density at radius 2 is 1.72 bits per heavy atom. The molecule has 2 aromatic rings. The van der Waals surface area contributed by atoms with E-state index in [0.29, 0.717) is 15.0 Å². The maximum Gasteiger partial charge on any atom is 0.270 e. The van der Waals surface area contributed by atoms with E-state index in [1.54, 1.807) is 19.1 Å². The number of benzene rings is 2. The predicted octanol–water partition coefficient (Wildman–Crippen LogP) is 4.71. The number of thioether (sulfide) groups is 1. The second kappa shape index (κ2) is 8.47. The molecule has 0 unspecified atom stereocenters. The summed E-state index contributed by atoms with van der Waals surface area (Å²) < 4.78 is 11.8. The summed E-state index contributed by atoms with van der Waals surface area (Å²) in [5.74, 6) is 1.35. The summed E-state index contributed by atoms with van der Waals surface area (Å²) in [4.78, 5) is 17.5. The lowest BCUT2D eigenvalue weighted by atomic mass is 10.1. The van der Waals surface area contributed by atoms with E-state index in [0.717, 1.165) is 35.8 Å².